The first kappa shape index (κ1) is 13.8. The minimum absolute atomic E-state index is 0.145. The second-order valence-electron chi connectivity index (χ2n) is 5.59. The third-order valence-electron chi connectivity index (χ3n) is 4.12. The Morgan fingerprint density at radius 1 is 1.32 bits per heavy atom. The fourth-order valence-corrected chi connectivity index (χ4v) is 2.52. The van der Waals surface area contributed by atoms with E-state index in [1.807, 2.05) is 0 Å². The van der Waals surface area contributed by atoms with Crippen molar-refractivity contribution in [1.29, 1.82) is 5.26 Å². The number of benzene rings is 1. The van der Waals surface area contributed by atoms with E-state index in [-0.39, 0.29) is 5.78 Å². The first-order valence-electron chi connectivity index (χ1n) is 6.86. The maximum Gasteiger partial charge on any atom is 0.176 e. The highest BCUT2D eigenvalue weighted by atomic mass is 16.1. The molecule has 3 nitrogen and oxygen atoms in total. The molecule has 0 radical (unpaired) electrons. The van der Waals surface area contributed by atoms with Crippen LogP contribution in [0.3, 0.4) is 0 Å². The standard InChI is InChI=1S/C16H20N2O/c1-12-7-8-18(10-13(12)2)11-16(19)15-5-3-14(9-17)4-6-15/h3-6,12-13H,7-8,10-11H2,1-2H3. The molecule has 2 unspecified atom stereocenters. The molecule has 1 saturated heterocycles. The molecule has 0 saturated carbocycles. The van der Waals surface area contributed by atoms with Gasteiger partial charge in [-0.25, -0.2) is 0 Å². The van der Waals surface area contributed by atoms with Crippen LogP contribution in [0.1, 0.15) is 36.2 Å². The molecule has 2 rings (SSSR count). The van der Waals surface area contributed by atoms with Gasteiger partial charge in [0.1, 0.15) is 0 Å². The van der Waals surface area contributed by atoms with Crippen LogP contribution < -0.4 is 0 Å². The van der Waals surface area contributed by atoms with Gasteiger partial charge in [-0.15, -0.1) is 0 Å². The van der Waals surface area contributed by atoms with Gasteiger partial charge < -0.3 is 0 Å². The fraction of sp³-hybridized carbons (Fsp3) is 0.500. The largest absolute Gasteiger partial charge is 0.296 e. The Bertz CT molecular complexity index is 486. The summed E-state index contributed by atoms with van der Waals surface area (Å²) in [5.41, 5.74) is 1.29. The quantitative estimate of drug-likeness (QED) is 0.781. The molecule has 1 aromatic carbocycles. The van der Waals surface area contributed by atoms with Gasteiger partial charge >= 0.3 is 0 Å². The summed E-state index contributed by atoms with van der Waals surface area (Å²) in [6, 6.07) is 8.96. The van der Waals surface area contributed by atoms with Crippen LogP contribution in [0.4, 0.5) is 0 Å². The van der Waals surface area contributed by atoms with Crippen LogP contribution in [0, 0.1) is 23.2 Å². The van der Waals surface area contributed by atoms with Crippen LogP contribution in [0.2, 0.25) is 0 Å². The minimum Gasteiger partial charge on any atom is -0.296 e. The van der Waals surface area contributed by atoms with Gasteiger partial charge in [0.05, 0.1) is 18.2 Å². The molecular formula is C16H20N2O. The van der Waals surface area contributed by atoms with Crippen molar-refractivity contribution >= 4 is 5.78 Å². The number of ketones is 1. The maximum absolute atomic E-state index is 12.2. The predicted octanol–water partition coefficient (Wildman–Crippen LogP) is 2.72. The second-order valence-corrected chi connectivity index (χ2v) is 5.59. The first-order chi connectivity index (χ1) is 9.10. The average Bonchev–Trinajstić information content (AvgIpc) is 2.43. The van der Waals surface area contributed by atoms with Crippen molar-refractivity contribution in [2.75, 3.05) is 19.6 Å². The van der Waals surface area contributed by atoms with Gasteiger partial charge in [0, 0.05) is 12.1 Å². The molecule has 1 fully saturated rings. The number of likely N-dealkylation sites (tertiary alicyclic amines) is 1. The summed E-state index contributed by atoms with van der Waals surface area (Å²) < 4.78 is 0. The number of carbonyl (C=O) groups excluding carboxylic acids is 1. The molecule has 0 amide bonds. The number of piperidine rings is 1. The summed E-state index contributed by atoms with van der Waals surface area (Å²) in [6.45, 7) is 7.03. The zero-order valence-electron chi connectivity index (χ0n) is 11.6. The second kappa shape index (κ2) is 5.99. The van der Waals surface area contributed by atoms with Crippen LogP contribution >= 0.6 is 0 Å². The van der Waals surface area contributed by atoms with E-state index in [2.05, 4.69) is 24.8 Å². The fourth-order valence-electron chi connectivity index (χ4n) is 2.52. The van der Waals surface area contributed by atoms with Crippen molar-refractivity contribution in [2.24, 2.45) is 11.8 Å². The maximum atomic E-state index is 12.2. The normalized spacial score (nSPS) is 23.8. The number of nitriles is 1. The van der Waals surface area contributed by atoms with E-state index < -0.39 is 0 Å². The molecule has 100 valence electrons. The molecule has 0 aromatic heterocycles. The molecule has 0 bridgehead atoms. The van der Waals surface area contributed by atoms with Gasteiger partial charge in [0.2, 0.25) is 0 Å². The lowest BCUT2D eigenvalue weighted by molar-refractivity contribution is 0.0849. The number of carbonyl (C=O) groups is 1. The van der Waals surface area contributed by atoms with Gasteiger partial charge in [0.15, 0.2) is 5.78 Å². The molecule has 19 heavy (non-hydrogen) atoms. The lowest BCUT2D eigenvalue weighted by Crippen LogP contribution is -2.41. The molecule has 1 heterocycles. The molecule has 1 aromatic rings. The van der Waals surface area contributed by atoms with Gasteiger partial charge in [-0.05, 0) is 36.9 Å². The number of nitrogens with zero attached hydrogens (tertiary/aromatic N) is 2. The molecule has 0 aliphatic carbocycles. The molecule has 0 N–H and O–H groups in total. The third kappa shape index (κ3) is 3.42. The summed E-state index contributed by atoms with van der Waals surface area (Å²) >= 11 is 0. The highest BCUT2D eigenvalue weighted by Gasteiger charge is 2.24. The summed E-state index contributed by atoms with van der Waals surface area (Å²) in [6.07, 6.45) is 1.17. The lowest BCUT2D eigenvalue weighted by atomic mass is 9.88. The summed E-state index contributed by atoms with van der Waals surface area (Å²) in [5, 5.41) is 8.74. The van der Waals surface area contributed by atoms with Gasteiger partial charge in [-0.1, -0.05) is 26.0 Å². The Morgan fingerprint density at radius 2 is 2.00 bits per heavy atom. The molecule has 1 aliphatic heterocycles. The van der Waals surface area contributed by atoms with Crippen LogP contribution in [-0.4, -0.2) is 30.3 Å². The Hall–Kier alpha value is -1.66. The highest BCUT2D eigenvalue weighted by Crippen LogP contribution is 2.22. The zero-order valence-corrected chi connectivity index (χ0v) is 11.6. The number of rotatable bonds is 3. The average molecular weight is 256 g/mol. The van der Waals surface area contributed by atoms with Crippen LogP contribution in [0.25, 0.3) is 0 Å². The van der Waals surface area contributed by atoms with Crippen molar-refractivity contribution in [2.45, 2.75) is 20.3 Å². The summed E-state index contributed by atoms with van der Waals surface area (Å²) in [4.78, 5) is 14.4. The van der Waals surface area contributed by atoms with E-state index in [1.165, 1.54) is 6.42 Å². The Kier molecular flexibility index (Phi) is 4.34. The topological polar surface area (TPSA) is 44.1 Å². The van der Waals surface area contributed by atoms with Gasteiger partial charge in [-0.2, -0.15) is 5.26 Å². The van der Waals surface area contributed by atoms with E-state index >= 15 is 0 Å². The minimum atomic E-state index is 0.145. The van der Waals surface area contributed by atoms with Crippen LogP contribution in [0.15, 0.2) is 24.3 Å². The molecule has 0 spiro atoms. The van der Waals surface area contributed by atoms with E-state index in [9.17, 15) is 4.79 Å². The Labute approximate surface area is 114 Å². The highest BCUT2D eigenvalue weighted by molar-refractivity contribution is 5.97. The Morgan fingerprint density at radius 3 is 2.58 bits per heavy atom. The van der Waals surface area contributed by atoms with E-state index in [4.69, 9.17) is 5.26 Å². The van der Waals surface area contributed by atoms with Crippen molar-refractivity contribution in [3.63, 3.8) is 0 Å². The van der Waals surface area contributed by atoms with Crippen molar-refractivity contribution in [1.82, 2.24) is 4.90 Å². The molecule has 3 heteroatoms. The third-order valence-corrected chi connectivity index (χ3v) is 4.12. The smallest absolute Gasteiger partial charge is 0.176 e. The van der Waals surface area contributed by atoms with Gasteiger partial charge in [0.25, 0.3) is 0 Å². The van der Waals surface area contributed by atoms with Crippen LogP contribution in [-0.2, 0) is 0 Å². The van der Waals surface area contributed by atoms with Gasteiger partial charge in [-0.3, -0.25) is 9.69 Å². The number of Topliss-reactive ketones (excluding diaryl/α,β-unsaturated/α-hetero) is 1. The number of hydrogen-bond acceptors (Lipinski definition) is 3. The van der Waals surface area contributed by atoms with Crippen LogP contribution in [0.5, 0.6) is 0 Å². The van der Waals surface area contributed by atoms with Crippen molar-refractivity contribution in [3.05, 3.63) is 35.4 Å². The SMILES string of the molecule is CC1CCN(CC(=O)c2ccc(C#N)cc2)CC1C. The predicted molar refractivity (Wildman–Crippen MR) is 74.9 cm³/mol. The summed E-state index contributed by atoms with van der Waals surface area (Å²) in [5.74, 6) is 1.55. The lowest BCUT2D eigenvalue weighted by Gasteiger charge is -2.34. The first-order valence-corrected chi connectivity index (χ1v) is 6.86. The number of hydrogen-bond donors (Lipinski definition) is 0. The Balaban J connectivity index is 1.95. The monoisotopic (exact) mass is 256 g/mol. The zero-order chi connectivity index (χ0) is 13.8. The summed E-state index contributed by atoms with van der Waals surface area (Å²) in [7, 11) is 0. The van der Waals surface area contributed by atoms with E-state index in [0.29, 0.717) is 23.6 Å². The van der Waals surface area contributed by atoms with Crippen molar-refractivity contribution < 1.29 is 4.79 Å². The van der Waals surface area contributed by atoms with E-state index in [1.54, 1.807) is 24.3 Å². The molecule has 2 atom stereocenters. The molecule has 1 aliphatic rings. The van der Waals surface area contributed by atoms with Crippen molar-refractivity contribution in [3.8, 4) is 6.07 Å². The van der Waals surface area contributed by atoms with E-state index in [0.717, 1.165) is 19.0 Å². The molecular weight excluding hydrogens is 236 g/mol.